The number of ether oxygens (including phenoxy) is 1. The van der Waals surface area contributed by atoms with Crippen molar-refractivity contribution in [3.05, 3.63) is 47.5 Å². The Morgan fingerprint density at radius 2 is 1.88 bits per heavy atom. The van der Waals surface area contributed by atoms with Crippen molar-refractivity contribution in [1.29, 1.82) is 0 Å². The first-order valence-electron chi connectivity index (χ1n) is 11.2. The minimum absolute atomic E-state index is 0.0820. The van der Waals surface area contributed by atoms with Gasteiger partial charge < -0.3 is 15.0 Å². The van der Waals surface area contributed by atoms with Crippen LogP contribution in [0.25, 0.3) is 0 Å². The summed E-state index contributed by atoms with van der Waals surface area (Å²) in [6.45, 7) is 4.20. The summed E-state index contributed by atoms with van der Waals surface area (Å²) in [5, 5.41) is 2.70. The number of para-hydroxylation sites is 1. The zero-order valence-corrected chi connectivity index (χ0v) is 19.5. The molecule has 1 saturated heterocycles. The fourth-order valence-electron chi connectivity index (χ4n) is 5.07. The van der Waals surface area contributed by atoms with E-state index >= 15 is 0 Å². The number of nitrogens with one attached hydrogen (secondary N) is 1. The minimum atomic E-state index is -3.75. The summed E-state index contributed by atoms with van der Waals surface area (Å²) in [5.41, 5.74) is 3.17. The van der Waals surface area contributed by atoms with E-state index in [4.69, 9.17) is 4.74 Å². The van der Waals surface area contributed by atoms with Crippen molar-refractivity contribution in [2.24, 2.45) is 5.92 Å². The highest BCUT2D eigenvalue weighted by Gasteiger charge is 2.38. The second kappa shape index (κ2) is 8.14. The third kappa shape index (κ3) is 3.79. The maximum Gasteiger partial charge on any atom is 0.262 e. The average molecular weight is 470 g/mol. The fourth-order valence-corrected chi connectivity index (χ4v) is 6.77. The summed E-state index contributed by atoms with van der Waals surface area (Å²) in [5.74, 6) is -0.0310. The van der Waals surface area contributed by atoms with Crippen LogP contribution in [0.4, 0.5) is 11.4 Å². The Morgan fingerprint density at radius 3 is 2.64 bits per heavy atom. The maximum atomic E-state index is 13.4. The number of rotatable bonds is 3. The lowest BCUT2D eigenvalue weighted by atomic mass is 9.96. The number of benzene rings is 2. The van der Waals surface area contributed by atoms with Crippen molar-refractivity contribution in [3.63, 3.8) is 0 Å². The molecule has 0 bridgehead atoms. The molecular weight excluding hydrogens is 442 g/mol. The lowest BCUT2D eigenvalue weighted by molar-refractivity contribution is -0.123. The Bertz CT molecular complexity index is 1230. The lowest BCUT2D eigenvalue weighted by Crippen LogP contribution is -2.46. The number of piperidine rings is 1. The molecule has 1 fully saturated rings. The number of hydrogen-bond donors (Lipinski definition) is 1. The van der Waals surface area contributed by atoms with E-state index in [2.05, 4.69) is 18.3 Å². The number of amides is 2. The molecule has 2 aromatic rings. The first kappa shape index (κ1) is 21.9. The van der Waals surface area contributed by atoms with Gasteiger partial charge in [0, 0.05) is 36.8 Å². The largest absolute Gasteiger partial charge is 0.482 e. The monoisotopic (exact) mass is 469 g/mol. The lowest BCUT2D eigenvalue weighted by Gasteiger charge is -2.34. The quantitative estimate of drug-likeness (QED) is 0.746. The molecule has 3 aliphatic rings. The topological polar surface area (TPSA) is 96.0 Å². The maximum absolute atomic E-state index is 13.4. The molecule has 0 aliphatic carbocycles. The molecule has 0 spiro atoms. The molecule has 174 valence electrons. The number of fused-ring (bicyclic) bond motifs is 2. The van der Waals surface area contributed by atoms with E-state index in [-0.39, 0.29) is 48.4 Å². The molecule has 2 amide bonds. The number of aryl methyl sites for hydroxylation is 1. The van der Waals surface area contributed by atoms with Crippen LogP contribution in [0, 0.1) is 12.8 Å². The smallest absolute Gasteiger partial charge is 0.262 e. The van der Waals surface area contributed by atoms with Crippen LogP contribution < -0.4 is 15.0 Å². The Balaban J connectivity index is 1.31. The highest BCUT2D eigenvalue weighted by molar-refractivity contribution is 7.89. The van der Waals surface area contributed by atoms with Gasteiger partial charge in [0.25, 0.3) is 5.91 Å². The molecule has 1 unspecified atom stereocenters. The van der Waals surface area contributed by atoms with Crippen LogP contribution in [0.1, 0.15) is 30.9 Å². The molecule has 1 N–H and O–H groups in total. The number of nitrogens with zero attached hydrogens (tertiary/aromatic N) is 2. The number of sulfonamides is 1. The normalized spacial score (nSPS) is 21.2. The van der Waals surface area contributed by atoms with Gasteiger partial charge in [0.15, 0.2) is 6.61 Å². The second-order valence-electron chi connectivity index (χ2n) is 9.02. The van der Waals surface area contributed by atoms with Gasteiger partial charge >= 0.3 is 0 Å². The van der Waals surface area contributed by atoms with Gasteiger partial charge in [-0.05, 0) is 56.4 Å². The van der Waals surface area contributed by atoms with Crippen LogP contribution in [0.2, 0.25) is 0 Å². The van der Waals surface area contributed by atoms with Crippen LogP contribution >= 0.6 is 0 Å². The van der Waals surface area contributed by atoms with Gasteiger partial charge in [0.1, 0.15) is 5.75 Å². The van der Waals surface area contributed by atoms with Crippen molar-refractivity contribution < 1.29 is 22.7 Å². The molecule has 0 saturated carbocycles. The van der Waals surface area contributed by atoms with Crippen LogP contribution in [0.15, 0.2) is 41.3 Å². The Labute approximate surface area is 193 Å². The second-order valence-corrected chi connectivity index (χ2v) is 10.9. The van der Waals surface area contributed by atoms with Crippen LogP contribution in [0.5, 0.6) is 5.75 Å². The zero-order chi connectivity index (χ0) is 23.3. The summed E-state index contributed by atoms with van der Waals surface area (Å²) >= 11 is 0. The number of carbonyl (C=O) groups excluding carboxylic acids is 2. The van der Waals surface area contributed by atoms with Crippen molar-refractivity contribution in [3.8, 4) is 5.75 Å². The number of anilines is 2. The van der Waals surface area contributed by atoms with Crippen molar-refractivity contribution in [2.75, 3.05) is 29.9 Å². The highest BCUT2D eigenvalue weighted by Crippen LogP contribution is 2.37. The van der Waals surface area contributed by atoms with Crippen LogP contribution in [0.3, 0.4) is 0 Å². The minimum Gasteiger partial charge on any atom is -0.482 e. The number of hydrogen-bond acceptors (Lipinski definition) is 5. The Morgan fingerprint density at radius 1 is 1.15 bits per heavy atom. The Kier molecular flexibility index (Phi) is 5.41. The molecule has 1 atom stereocenters. The molecular formula is C24H27N3O5S. The van der Waals surface area contributed by atoms with Crippen LogP contribution in [-0.4, -0.2) is 50.3 Å². The summed E-state index contributed by atoms with van der Waals surface area (Å²) in [4.78, 5) is 27.0. The van der Waals surface area contributed by atoms with Gasteiger partial charge in [-0.3, -0.25) is 9.59 Å². The van der Waals surface area contributed by atoms with E-state index in [1.54, 1.807) is 13.0 Å². The Hall–Kier alpha value is -2.91. The van der Waals surface area contributed by atoms with Gasteiger partial charge in [0.2, 0.25) is 15.9 Å². The molecule has 8 nitrogen and oxygen atoms in total. The molecule has 3 heterocycles. The highest BCUT2D eigenvalue weighted by atomic mass is 32.2. The summed E-state index contributed by atoms with van der Waals surface area (Å²) in [6.07, 6.45) is 1.81. The standard InChI is InChI=1S/C24H27N3O5S/c1-15-11-19-21(32-14-23(28)25-19)13-22(15)33(30,31)26-9-7-17(8-10-26)24(29)27-16(2)12-18-5-3-4-6-20(18)27/h3-6,11,13,16-17H,7-10,12,14H2,1-2H3,(H,25,28). The number of carbonyl (C=O) groups is 2. The molecule has 5 rings (SSSR count). The molecule has 2 aromatic carbocycles. The van der Waals surface area contributed by atoms with Crippen molar-refractivity contribution in [2.45, 2.75) is 44.0 Å². The van der Waals surface area contributed by atoms with E-state index in [9.17, 15) is 18.0 Å². The third-order valence-electron chi connectivity index (χ3n) is 6.78. The molecule has 0 radical (unpaired) electrons. The molecule has 9 heteroatoms. The summed E-state index contributed by atoms with van der Waals surface area (Å²) < 4.78 is 33.7. The van der Waals surface area contributed by atoms with Gasteiger partial charge in [-0.15, -0.1) is 0 Å². The van der Waals surface area contributed by atoms with Gasteiger partial charge in [0.05, 0.1) is 10.6 Å². The van der Waals surface area contributed by atoms with Gasteiger partial charge in [-0.2, -0.15) is 4.31 Å². The van der Waals surface area contributed by atoms with E-state index in [1.807, 2.05) is 23.1 Å². The van der Waals surface area contributed by atoms with Gasteiger partial charge in [-0.25, -0.2) is 8.42 Å². The molecule has 3 aliphatic heterocycles. The summed E-state index contributed by atoms with van der Waals surface area (Å²) in [7, 11) is -3.75. The molecule has 0 aromatic heterocycles. The third-order valence-corrected chi connectivity index (χ3v) is 8.82. The van der Waals surface area contributed by atoms with Crippen molar-refractivity contribution >= 4 is 33.2 Å². The first-order chi connectivity index (χ1) is 15.8. The fraction of sp³-hybridized carbons (Fsp3) is 0.417. The van der Waals surface area contributed by atoms with Crippen molar-refractivity contribution in [1.82, 2.24) is 4.31 Å². The van der Waals surface area contributed by atoms with E-state index in [1.165, 1.54) is 15.9 Å². The van der Waals surface area contributed by atoms with E-state index in [0.717, 1.165) is 12.1 Å². The van der Waals surface area contributed by atoms with E-state index < -0.39 is 10.0 Å². The molecule has 33 heavy (non-hydrogen) atoms. The van der Waals surface area contributed by atoms with Crippen LogP contribution in [-0.2, 0) is 26.0 Å². The summed E-state index contributed by atoms with van der Waals surface area (Å²) in [6, 6.07) is 11.2. The van der Waals surface area contributed by atoms with E-state index in [0.29, 0.717) is 29.8 Å². The first-order valence-corrected chi connectivity index (χ1v) is 12.7. The predicted molar refractivity (Wildman–Crippen MR) is 124 cm³/mol. The predicted octanol–water partition coefficient (Wildman–Crippen LogP) is 2.70. The SMILES string of the molecule is Cc1cc2c(cc1S(=O)(=O)N1CCC(C(=O)N3c4ccccc4CC3C)CC1)OCC(=O)N2. The average Bonchev–Trinajstić information content (AvgIpc) is 3.13. The van der Waals surface area contributed by atoms with Gasteiger partial charge in [-0.1, -0.05) is 18.2 Å². The zero-order valence-electron chi connectivity index (χ0n) is 18.7.